The second kappa shape index (κ2) is 6.65. The van der Waals surface area contributed by atoms with Crippen LogP contribution in [0.1, 0.15) is 16.1 Å². The van der Waals surface area contributed by atoms with Crippen molar-refractivity contribution in [1.29, 1.82) is 0 Å². The molecule has 2 rings (SSSR count). The maximum absolute atomic E-state index is 12.3. The Labute approximate surface area is 122 Å². The SMILES string of the molecule is COc1cc(OC)c(C(=O)NCc2cnc[nH]2)cc1OC. The van der Waals surface area contributed by atoms with E-state index in [0.717, 1.165) is 5.69 Å². The molecular formula is C14H17N3O4. The Morgan fingerprint density at radius 2 is 1.81 bits per heavy atom. The predicted molar refractivity (Wildman–Crippen MR) is 75.9 cm³/mol. The highest BCUT2D eigenvalue weighted by Crippen LogP contribution is 2.34. The van der Waals surface area contributed by atoms with Crippen molar-refractivity contribution < 1.29 is 19.0 Å². The van der Waals surface area contributed by atoms with E-state index in [0.29, 0.717) is 29.4 Å². The van der Waals surface area contributed by atoms with Crippen LogP contribution < -0.4 is 19.5 Å². The van der Waals surface area contributed by atoms with Gasteiger partial charge < -0.3 is 24.5 Å². The molecule has 2 aromatic rings. The molecule has 0 aliphatic heterocycles. The molecule has 0 saturated carbocycles. The lowest BCUT2D eigenvalue weighted by Crippen LogP contribution is -2.23. The van der Waals surface area contributed by atoms with Gasteiger partial charge in [0.05, 0.1) is 45.5 Å². The van der Waals surface area contributed by atoms with Gasteiger partial charge in [0.2, 0.25) is 0 Å². The zero-order valence-electron chi connectivity index (χ0n) is 12.1. The molecule has 0 aliphatic carbocycles. The van der Waals surface area contributed by atoms with Crippen molar-refractivity contribution in [1.82, 2.24) is 15.3 Å². The van der Waals surface area contributed by atoms with Gasteiger partial charge in [-0.2, -0.15) is 0 Å². The second-order valence-electron chi connectivity index (χ2n) is 4.17. The number of nitrogens with zero attached hydrogens (tertiary/aromatic N) is 1. The Hall–Kier alpha value is -2.70. The number of aromatic nitrogens is 2. The van der Waals surface area contributed by atoms with Crippen LogP contribution in [0.3, 0.4) is 0 Å². The fraction of sp³-hybridized carbons (Fsp3) is 0.286. The van der Waals surface area contributed by atoms with Crippen LogP contribution in [-0.4, -0.2) is 37.2 Å². The van der Waals surface area contributed by atoms with Gasteiger partial charge >= 0.3 is 0 Å². The quantitative estimate of drug-likeness (QED) is 0.839. The molecule has 7 heteroatoms. The minimum Gasteiger partial charge on any atom is -0.496 e. The van der Waals surface area contributed by atoms with Gasteiger partial charge in [0, 0.05) is 18.3 Å². The smallest absolute Gasteiger partial charge is 0.255 e. The fourth-order valence-corrected chi connectivity index (χ4v) is 1.86. The Morgan fingerprint density at radius 1 is 1.14 bits per heavy atom. The van der Waals surface area contributed by atoms with Crippen molar-refractivity contribution in [3.8, 4) is 17.2 Å². The van der Waals surface area contributed by atoms with Gasteiger partial charge in [0.25, 0.3) is 5.91 Å². The zero-order valence-corrected chi connectivity index (χ0v) is 12.1. The van der Waals surface area contributed by atoms with E-state index in [1.165, 1.54) is 21.3 Å². The third kappa shape index (κ3) is 3.25. The van der Waals surface area contributed by atoms with Crippen LogP contribution in [0, 0.1) is 0 Å². The van der Waals surface area contributed by atoms with E-state index in [2.05, 4.69) is 15.3 Å². The molecule has 21 heavy (non-hydrogen) atoms. The minimum absolute atomic E-state index is 0.276. The van der Waals surface area contributed by atoms with Crippen molar-refractivity contribution in [2.75, 3.05) is 21.3 Å². The van der Waals surface area contributed by atoms with Gasteiger partial charge in [-0.1, -0.05) is 0 Å². The first kappa shape index (κ1) is 14.7. The van der Waals surface area contributed by atoms with E-state index in [1.807, 2.05) is 0 Å². The van der Waals surface area contributed by atoms with Crippen molar-refractivity contribution in [3.05, 3.63) is 35.9 Å². The summed E-state index contributed by atoms with van der Waals surface area (Å²) in [5.41, 5.74) is 1.18. The number of imidazole rings is 1. The van der Waals surface area contributed by atoms with E-state index in [4.69, 9.17) is 14.2 Å². The molecule has 0 bridgehead atoms. The number of hydrogen-bond donors (Lipinski definition) is 2. The first-order chi connectivity index (χ1) is 10.2. The largest absolute Gasteiger partial charge is 0.496 e. The summed E-state index contributed by atoms with van der Waals surface area (Å²) in [5, 5.41) is 2.78. The topological polar surface area (TPSA) is 85.5 Å². The summed E-state index contributed by atoms with van der Waals surface area (Å²) in [5.74, 6) is 1.10. The lowest BCUT2D eigenvalue weighted by molar-refractivity contribution is 0.0947. The highest BCUT2D eigenvalue weighted by Gasteiger charge is 2.17. The Balaban J connectivity index is 2.22. The minimum atomic E-state index is -0.276. The van der Waals surface area contributed by atoms with E-state index in [1.54, 1.807) is 24.7 Å². The van der Waals surface area contributed by atoms with Gasteiger partial charge in [0.15, 0.2) is 11.5 Å². The molecule has 0 fully saturated rings. The number of ether oxygens (including phenoxy) is 3. The van der Waals surface area contributed by atoms with Crippen LogP contribution in [0.2, 0.25) is 0 Å². The molecule has 0 saturated heterocycles. The number of rotatable bonds is 6. The lowest BCUT2D eigenvalue weighted by atomic mass is 10.1. The summed E-state index contributed by atoms with van der Waals surface area (Å²) < 4.78 is 15.6. The zero-order chi connectivity index (χ0) is 15.2. The van der Waals surface area contributed by atoms with Crippen LogP contribution in [0.25, 0.3) is 0 Å². The standard InChI is InChI=1S/C14H17N3O4/c1-19-11-5-13(21-3)12(20-2)4-10(11)14(18)16-7-9-6-15-8-17-9/h4-6,8H,7H2,1-3H3,(H,15,17)(H,16,18). The number of carbonyl (C=O) groups excluding carboxylic acids is 1. The van der Waals surface area contributed by atoms with Gasteiger partial charge in [0.1, 0.15) is 5.75 Å². The number of hydrogen-bond acceptors (Lipinski definition) is 5. The van der Waals surface area contributed by atoms with E-state index >= 15 is 0 Å². The number of methoxy groups -OCH3 is 3. The third-order valence-electron chi connectivity index (χ3n) is 2.94. The van der Waals surface area contributed by atoms with Gasteiger partial charge in [-0.3, -0.25) is 4.79 Å². The van der Waals surface area contributed by atoms with Crippen LogP contribution >= 0.6 is 0 Å². The molecule has 112 valence electrons. The van der Waals surface area contributed by atoms with E-state index in [9.17, 15) is 4.79 Å². The van der Waals surface area contributed by atoms with Crippen LogP contribution in [-0.2, 0) is 6.54 Å². The molecule has 0 atom stereocenters. The van der Waals surface area contributed by atoms with Crippen LogP contribution in [0.15, 0.2) is 24.7 Å². The van der Waals surface area contributed by atoms with Crippen LogP contribution in [0.4, 0.5) is 0 Å². The van der Waals surface area contributed by atoms with Crippen molar-refractivity contribution >= 4 is 5.91 Å². The first-order valence-corrected chi connectivity index (χ1v) is 6.25. The fourth-order valence-electron chi connectivity index (χ4n) is 1.86. The van der Waals surface area contributed by atoms with Gasteiger partial charge in [-0.15, -0.1) is 0 Å². The summed E-state index contributed by atoms with van der Waals surface area (Å²) in [6.07, 6.45) is 3.20. The molecule has 1 amide bonds. The highest BCUT2D eigenvalue weighted by atomic mass is 16.5. The Bertz CT molecular complexity index is 611. The first-order valence-electron chi connectivity index (χ1n) is 6.25. The van der Waals surface area contributed by atoms with E-state index in [-0.39, 0.29) is 5.91 Å². The molecule has 0 spiro atoms. The summed E-state index contributed by atoms with van der Waals surface area (Å²) in [7, 11) is 4.53. The third-order valence-corrected chi connectivity index (χ3v) is 2.94. The number of benzene rings is 1. The predicted octanol–water partition coefficient (Wildman–Crippen LogP) is 1.37. The maximum atomic E-state index is 12.3. The number of aromatic amines is 1. The number of carbonyl (C=O) groups is 1. The average molecular weight is 291 g/mol. The molecule has 1 heterocycles. The Kier molecular flexibility index (Phi) is 4.65. The summed E-state index contributed by atoms with van der Waals surface area (Å²) >= 11 is 0. The maximum Gasteiger partial charge on any atom is 0.255 e. The monoisotopic (exact) mass is 291 g/mol. The van der Waals surface area contributed by atoms with Gasteiger partial charge in [-0.05, 0) is 0 Å². The average Bonchev–Trinajstić information content (AvgIpc) is 3.04. The molecule has 0 radical (unpaired) electrons. The lowest BCUT2D eigenvalue weighted by Gasteiger charge is -2.13. The normalized spacial score (nSPS) is 10.0. The summed E-state index contributed by atoms with van der Waals surface area (Å²) in [4.78, 5) is 19.1. The number of nitrogens with one attached hydrogen (secondary N) is 2. The highest BCUT2D eigenvalue weighted by molar-refractivity contribution is 5.97. The van der Waals surface area contributed by atoms with Crippen molar-refractivity contribution in [2.45, 2.75) is 6.54 Å². The Morgan fingerprint density at radius 3 is 2.38 bits per heavy atom. The molecule has 1 aromatic carbocycles. The van der Waals surface area contributed by atoms with Crippen molar-refractivity contribution in [2.24, 2.45) is 0 Å². The molecule has 7 nitrogen and oxygen atoms in total. The molecular weight excluding hydrogens is 274 g/mol. The summed E-state index contributed by atoms with van der Waals surface area (Å²) in [6, 6.07) is 3.20. The van der Waals surface area contributed by atoms with Gasteiger partial charge in [-0.25, -0.2) is 4.98 Å². The number of amides is 1. The molecule has 2 N–H and O–H groups in total. The molecule has 0 aliphatic rings. The van der Waals surface area contributed by atoms with E-state index < -0.39 is 0 Å². The molecule has 0 unspecified atom stereocenters. The second-order valence-corrected chi connectivity index (χ2v) is 4.17. The molecule has 1 aromatic heterocycles. The number of H-pyrrole nitrogens is 1. The summed E-state index contributed by atoms with van der Waals surface area (Å²) in [6.45, 7) is 0.344. The van der Waals surface area contributed by atoms with Crippen LogP contribution in [0.5, 0.6) is 17.2 Å². The van der Waals surface area contributed by atoms with Crippen molar-refractivity contribution in [3.63, 3.8) is 0 Å².